The van der Waals surface area contributed by atoms with Crippen molar-refractivity contribution in [1.29, 1.82) is 0 Å². The zero-order chi connectivity index (χ0) is 12.4. The highest BCUT2D eigenvalue weighted by molar-refractivity contribution is 6.05. The number of nitrogens with one attached hydrogen (secondary N) is 3. The fraction of sp³-hybridized carbons (Fsp3) is 0.357. The second kappa shape index (κ2) is 4.82. The van der Waals surface area contributed by atoms with Crippen LogP contribution in [0.5, 0.6) is 0 Å². The molecule has 94 valence electrons. The standard InChI is InChI=1S/C14H17N3O/c18-14(17-11-4-2-7-15-9-11)12-5-1-3-10-6-8-16-13(10)12/h1,3,5-6,8,11,15-16H,2,4,7,9H2,(H,17,18). The van der Waals surface area contributed by atoms with Gasteiger partial charge in [-0.2, -0.15) is 0 Å². The summed E-state index contributed by atoms with van der Waals surface area (Å²) in [5, 5.41) is 7.47. The molecule has 0 saturated carbocycles. The summed E-state index contributed by atoms with van der Waals surface area (Å²) in [6, 6.07) is 8.02. The summed E-state index contributed by atoms with van der Waals surface area (Å²) < 4.78 is 0. The minimum Gasteiger partial charge on any atom is -0.361 e. The minimum atomic E-state index is 0.0109. The average Bonchev–Trinajstić information content (AvgIpc) is 2.87. The van der Waals surface area contributed by atoms with Crippen LogP contribution in [0.4, 0.5) is 0 Å². The molecule has 2 heterocycles. The molecule has 1 aromatic carbocycles. The molecule has 18 heavy (non-hydrogen) atoms. The van der Waals surface area contributed by atoms with E-state index in [4.69, 9.17) is 0 Å². The summed E-state index contributed by atoms with van der Waals surface area (Å²) in [7, 11) is 0. The Bertz CT molecular complexity index is 555. The highest BCUT2D eigenvalue weighted by atomic mass is 16.1. The summed E-state index contributed by atoms with van der Waals surface area (Å²) >= 11 is 0. The van der Waals surface area contributed by atoms with Gasteiger partial charge in [-0.3, -0.25) is 4.79 Å². The van der Waals surface area contributed by atoms with Gasteiger partial charge in [0, 0.05) is 24.2 Å². The molecule has 1 amide bonds. The summed E-state index contributed by atoms with van der Waals surface area (Å²) in [6.07, 6.45) is 4.04. The monoisotopic (exact) mass is 243 g/mol. The summed E-state index contributed by atoms with van der Waals surface area (Å²) in [5.74, 6) is 0.0109. The molecule has 0 radical (unpaired) electrons. The number of aromatic amines is 1. The van der Waals surface area contributed by atoms with Crippen molar-refractivity contribution in [3.63, 3.8) is 0 Å². The summed E-state index contributed by atoms with van der Waals surface area (Å²) in [4.78, 5) is 15.4. The third kappa shape index (κ3) is 2.11. The number of piperidine rings is 1. The number of rotatable bonds is 2. The van der Waals surface area contributed by atoms with Gasteiger partial charge in [0.25, 0.3) is 5.91 Å². The Morgan fingerprint density at radius 2 is 2.28 bits per heavy atom. The molecular formula is C14H17N3O. The van der Waals surface area contributed by atoms with Crippen LogP contribution in [0, 0.1) is 0 Å². The van der Waals surface area contributed by atoms with Gasteiger partial charge >= 0.3 is 0 Å². The van der Waals surface area contributed by atoms with E-state index in [9.17, 15) is 4.79 Å². The van der Waals surface area contributed by atoms with E-state index < -0.39 is 0 Å². The van der Waals surface area contributed by atoms with Crippen molar-refractivity contribution >= 4 is 16.8 Å². The first-order valence-electron chi connectivity index (χ1n) is 6.42. The molecule has 1 atom stereocenters. The van der Waals surface area contributed by atoms with Gasteiger partial charge in [0.05, 0.1) is 11.1 Å². The molecule has 3 rings (SSSR count). The van der Waals surface area contributed by atoms with Gasteiger partial charge in [-0.05, 0) is 31.5 Å². The number of aromatic nitrogens is 1. The van der Waals surface area contributed by atoms with Crippen LogP contribution < -0.4 is 10.6 Å². The Hall–Kier alpha value is -1.81. The van der Waals surface area contributed by atoms with E-state index in [-0.39, 0.29) is 11.9 Å². The van der Waals surface area contributed by atoms with Crippen LogP contribution in [0.1, 0.15) is 23.2 Å². The van der Waals surface area contributed by atoms with E-state index in [0.717, 1.165) is 42.4 Å². The smallest absolute Gasteiger partial charge is 0.253 e. The van der Waals surface area contributed by atoms with Gasteiger partial charge in [0.1, 0.15) is 0 Å². The maximum atomic E-state index is 12.3. The summed E-state index contributed by atoms with van der Waals surface area (Å²) in [5.41, 5.74) is 1.64. The summed E-state index contributed by atoms with van der Waals surface area (Å²) in [6.45, 7) is 1.92. The Labute approximate surface area is 106 Å². The van der Waals surface area contributed by atoms with Gasteiger partial charge in [-0.15, -0.1) is 0 Å². The molecule has 0 bridgehead atoms. The van der Waals surface area contributed by atoms with Gasteiger partial charge in [0.15, 0.2) is 0 Å². The quantitative estimate of drug-likeness (QED) is 0.751. The highest BCUT2D eigenvalue weighted by Crippen LogP contribution is 2.17. The molecule has 0 spiro atoms. The SMILES string of the molecule is O=C(NC1CCCNC1)c1cccc2cc[nH]c12. The molecule has 1 unspecified atom stereocenters. The lowest BCUT2D eigenvalue weighted by Gasteiger charge is -2.23. The lowest BCUT2D eigenvalue weighted by atomic mass is 10.1. The molecule has 4 nitrogen and oxygen atoms in total. The van der Waals surface area contributed by atoms with E-state index >= 15 is 0 Å². The van der Waals surface area contributed by atoms with Crippen LogP contribution in [0.2, 0.25) is 0 Å². The second-order valence-electron chi connectivity index (χ2n) is 4.76. The molecule has 0 aliphatic carbocycles. The lowest BCUT2D eigenvalue weighted by molar-refractivity contribution is 0.0932. The molecule has 3 N–H and O–H groups in total. The number of hydrogen-bond acceptors (Lipinski definition) is 2. The minimum absolute atomic E-state index is 0.0109. The van der Waals surface area contributed by atoms with E-state index in [2.05, 4.69) is 15.6 Å². The molecule has 1 aliphatic rings. The first-order valence-corrected chi connectivity index (χ1v) is 6.42. The largest absolute Gasteiger partial charge is 0.361 e. The first kappa shape index (κ1) is 11.3. The molecule has 1 saturated heterocycles. The molecular weight excluding hydrogens is 226 g/mol. The van der Waals surface area contributed by atoms with Gasteiger partial charge in [-0.1, -0.05) is 12.1 Å². The van der Waals surface area contributed by atoms with Crippen molar-refractivity contribution in [3.8, 4) is 0 Å². The second-order valence-corrected chi connectivity index (χ2v) is 4.76. The Morgan fingerprint density at radius 1 is 1.33 bits per heavy atom. The van der Waals surface area contributed by atoms with Crippen molar-refractivity contribution in [2.45, 2.75) is 18.9 Å². The van der Waals surface area contributed by atoms with Crippen LogP contribution >= 0.6 is 0 Å². The van der Waals surface area contributed by atoms with Crippen molar-refractivity contribution in [2.75, 3.05) is 13.1 Å². The molecule has 4 heteroatoms. The number of para-hydroxylation sites is 1. The number of benzene rings is 1. The fourth-order valence-corrected chi connectivity index (χ4v) is 2.51. The number of H-pyrrole nitrogens is 1. The van der Waals surface area contributed by atoms with E-state index in [1.165, 1.54) is 0 Å². The highest BCUT2D eigenvalue weighted by Gasteiger charge is 2.17. The van der Waals surface area contributed by atoms with Crippen molar-refractivity contribution in [1.82, 2.24) is 15.6 Å². The average molecular weight is 243 g/mol. The maximum Gasteiger partial charge on any atom is 0.253 e. The molecule has 2 aromatic rings. The van der Waals surface area contributed by atoms with Crippen molar-refractivity contribution in [2.24, 2.45) is 0 Å². The van der Waals surface area contributed by atoms with E-state index in [0.29, 0.717) is 0 Å². The Balaban J connectivity index is 1.81. The zero-order valence-corrected chi connectivity index (χ0v) is 10.2. The third-order valence-electron chi connectivity index (χ3n) is 3.46. The van der Waals surface area contributed by atoms with Crippen molar-refractivity contribution in [3.05, 3.63) is 36.0 Å². The Kier molecular flexibility index (Phi) is 3.02. The van der Waals surface area contributed by atoms with Crippen molar-refractivity contribution < 1.29 is 4.79 Å². The van der Waals surface area contributed by atoms with E-state index in [1.54, 1.807) is 0 Å². The number of hydrogen-bond donors (Lipinski definition) is 3. The van der Waals surface area contributed by atoms with Gasteiger partial charge in [-0.25, -0.2) is 0 Å². The lowest BCUT2D eigenvalue weighted by Crippen LogP contribution is -2.45. The van der Waals surface area contributed by atoms with Gasteiger partial charge < -0.3 is 15.6 Å². The maximum absolute atomic E-state index is 12.3. The number of carbonyl (C=O) groups is 1. The third-order valence-corrected chi connectivity index (χ3v) is 3.46. The predicted octanol–water partition coefficient (Wildman–Crippen LogP) is 1.65. The van der Waals surface area contributed by atoms with Gasteiger partial charge in [0.2, 0.25) is 0 Å². The number of amides is 1. The molecule has 1 fully saturated rings. The predicted molar refractivity (Wildman–Crippen MR) is 71.7 cm³/mol. The van der Waals surface area contributed by atoms with Crippen LogP contribution in [-0.2, 0) is 0 Å². The molecule has 1 aromatic heterocycles. The molecule has 1 aliphatic heterocycles. The normalized spacial score (nSPS) is 19.9. The number of fused-ring (bicyclic) bond motifs is 1. The van der Waals surface area contributed by atoms with Crippen LogP contribution in [0.25, 0.3) is 10.9 Å². The topological polar surface area (TPSA) is 56.9 Å². The van der Waals surface area contributed by atoms with Crippen LogP contribution in [0.3, 0.4) is 0 Å². The number of carbonyl (C=O) groups excluding carboxylic acids is 1. The fourth-order valence-electron chi connectivity index (χ4n) is 2.51. The van der Waals surface area contributed by atoms with E-state index in [1.807, 2.05) is 30.5 Å². The Morgan fingerprint density at radius 3 is 3.11 bits per heavy atom. The zero-order valence-electron chi connectivity index (χ0n) is 10.2. The van der Waals surface area contributed by atoms with Crippen LogP contribution in [0.15, 0.2) is 30.5 Å². The first-order chi connectivity index (χ1) is 8.84. The van der Waals surface area contributed by atoms with Crippen LogP contribution in [-0.4, -0.2) is 30.0 Å².